The third-order valence-electron chi connectivity index (χ3n) is 3.54. The van der Waals surface area contributed by atoms with E-state index in [0.717, 1.165) is 22.7 Å². The quantitative estimate of drug-likeness (QED) is 0.506. The van der Waals surface area contributed by atoms with Crippen molar-refractivity contribution in [1.29, 1.82) is 0 Å². The van der Waals surface area contributed by atoms with Crippen LogP contribution in [-0.2, 0) is 4.79 Å². The number of carbonyl (C=O) groups is 2. The van der Waals surface area contributed by atoms with Crippen molar-refractivity contribution < 1.29 is 14.0 Å². The number of carbonyl (C=O) groups excluding carboxylic acids is 2. The number of fused-ring (bicyclic) bond motifs is 1. The molecule has 0 spiro atoms. The zero-order valence-electron chi connectivity index (χ0n) is 13.1. The molecule has 1 aliphatic rings. The molecule has 26 heavy (non-hydrogen) atoms. The standard InChI is InChI=1S/C19H9ClN2O3S/c20-14-5-2-11(3-6-14)1-4-12-9-21-10-13-7-15(25-17(12)13)8-16-18(23)22-19(24)26-16/h2-3,5-10H,(H,22,23,24). The molecule has 2 amide bonds. The Labute approximate surface area is 157 Å². The Morgan fingerprint density at radius 3 is 2.69 bits per heavy atom. The van der Waals surface area contributed by atoms with Gasteiger partial charge in [0.2, 0.25) is 0 Å². The first kappa shape index (κ1) is 16.5. The fourth-order valence-corrected chi connectivity index (χ4v) is 3.15. The zero-order chi connectivity index (χ0) is 18.1. The lowest BCUT2D eigenvalue weighted by molar-refractivity contribution is -0.115. The molecular weight excluding hydrogens is 372 g/mol. The van der Waals surface area contributed by atoms with Crippen LogP contribution in [0.1, 0.15) is 16.9 Å². The average molecular weight is 381 g/mol. The maximum Gasteiger partial charge on any atom is 0.290 e. The van der Waals surface area contributed by atoms with Crippen molar-refractivity contribution >= 4 is 51.6 Å². The van der Waals surface area contributed by atoms with Crippen LogP contribution in [0, 0.1) is 11.8 Å². The molecule has 0 saturated carbocycles. The maximum atomic E-state index is 11.6. The van der Waals surface area contributed by atoms with E-state index in [9.17, 15) is 9.59 Å². The molecule has 0 bridgehead atoms. The first-order valence-corrected chi connectivity index (χ1v) is 8.68. The van der Waals surface area contributed by atoms with Gasteiger partial charge in [-0.3, -0.25) is 19.9 Å². The summed E-state index contributed by atoms with van der Waals surface area (Å²) < 4.78 is 5.81. The number of amides is 2. The van der Waals surface area contributed by atoms with Gasteiger partial charge in [-0.1, -0.05) is 23.4 Å². The van der Waals surface area contributed by atoms with E-state index in [4.69, 9.17) is 16.0 Å². The van der Waals surface area contributed by atoms with Crippen molar-refractivity contribution in [3.8, 4) is 11.8 Å². The molecule has 1 N–H and O–H groups in total. The SMILES string of the molecule is O=C1NC(=O)C(=Cc2cc3cncc(C#Cc4ccc(Cl)cc4)c3o2)S1. The minimum Gasteiger partial charge on any atom is -0.455 e. The van der Waals surface area contributed by atoms with Crippen molar-refractivity contribution in [3.05, 3.63) is 69.5 Å². The van der Waals surface area contributed by atoms with E-state index in [0.29, 0.717) is 21.9 Å². The predicted octanol–water partition coefficient (Wildman–Crippen LogP) is 4.20. The number of nitrogens with one attached hydrogen (secondary N) is 1. The van der Waals surface area contributed by atoms with Crippen LogP contribution in [-0.4, -0.2) is 16.1 Å². The fourth-order valence-electron chi connectivity index (χ4n) is 2.37. The van der Waals surface area contributed by atoms with Crippen LogP contribution in [0.3, 0.4) is 0 Å². The van der Waals surface area contributed by atoms with Crippen molar-refractivity contribution in [2.24, 2.45) is 0 Å². The van der Waals surface area contributed by atoms with Crippen LogP contribution in [0.5, 0.6) is 0 Å². The van der Waals surface area contributed by atoms with Gasteiger partial charge in [-0.15, -0.1) is 0 Å². The summed E-state index contributed by atoms with van der Waals surface area (Å²) in [5.41, 5.74) is 2.02. The van der Waals surface area contributed by atoms with Gasteiger partial charge in [-0.25, -0.2) is 0 Å². The first-order chi connectivity index (χ1) is 12.6. The second-order valence-electron chi connectivity index (χ2n) is 5.36. The van der Waals surface area contributed by atoms with Gasteiger partial charge in [0.1, 0.15) is 5.76 Å². The molecule has 1 fully saturated rings. The van der Waals surface area contributed by atoms with Gasteiger partial charge in [0.15, 0.2) is 5.58 Å². The van der Waals surface area contributed by atoms with Crippen LogP contribution in [0.2, 0.25) is 5.02 Å². The summed E-state index contributed by atoms with van der Waals surface area (Å²) in [7, 11) is 0. The van der Waals surface area contributed by atoms with E-state index in [1.807, 2.05) is 12.1 Å². The molecule has 4 rings (SSSR count). The summed E-state index contributed by atoms with van der Waals surface area (Å²) >= 11 is 6.71. The molecule has 1 aliphatic heterocycles. The second kappa shape index (κ2) is 6.71. The number of furan rings is 1. The number of nitrogens with zero attached hydrogens (tertiary/aromatic N) is 1. The lowest BCUT2D eigenvalue weighted by Gasteiger charge is -1.93. The minimum absolute atomic E-state index is 0.288. The Hall–Kier alpha value is -3.01. The van der Waals surface area contributed by atoms with Crippen LogP contribution < -0.4 is 5.32 Å². The third-order valence-corrected chi connectivity index (χ3v) is 4.61. The Morgan fingerprint density at radius 1 is 1.15 bits per heavy atom. The number of halogens is 1. The summed E-state index contributed by atoms with van der Waals surface area (Å²) in [6.07, 6.45) is 4.80. The molecule has 3 heterocycles. The molecule has 0 atom stereocenters. The van der Waals surface area contributed by atoms with E-state index < -0.39 is 11.1 Å². The molecule has 7 heteroatoms. The largest absolute Gasteiger partial charge is 0.455 e. The van der Waals surface area contributed by atoms with Crippen molar-refractivity contribution in [3.63, 3.8) is 0 Å². The Kier molecular flexibility index (Phi) is 4.25. The predicted molar refractivity (Wildman–Crippen MR) is 101 cm³/mol. The lowest BCUT2D eigenvalue weighted by Crippen LogP contribution is -2.17. The smallest absolute Gasteiger partial charge is 0.290 e. The first-order valence-electron chi connectivity index (χ1n) is 7.48. The van der Waals surface area contributed by atoms with E-state index in [-0.39, 0.29) is 4.91 Å². The van der Waals surface area contributed by atoms with Gasteiger partial charge in [-0.05, 0) is 42.1 Å². The third kappa shape index (κ3) is 3.36. The normalized spacial score (nSPS) is 15.2. The summed E-state index contributed by atoms with van der Waals surface area (Å²) in [5, 5.41) is 3.22. The Morgan fingerprint density at radius 2 is 1.96 bits per heavy atom. The number of benzene rings is 1. The number of rotatable bonds is 1. The summed E-state index contributed by atoms with van der Waals surface area (Å²) in [5.74, 6) is 6.10. The van der Waals surface area contributed by atoms with Crippen molar-refractivity contribution in [2.45, 2.75) is 0 Å². The van der Waals surface area contributed by atoms with Gasteiger partial charge >= 0.3 is 0 Å². The number of thioether (sulfide) groups is 1. The molecular formula is C19H9ClN2O3S. The molecule has 0 radical (unpaired) electrons. The summed E-state index contributed by atoms with van der Waals surface area (Å²) in [6, 6.07) is 8.95. The van der Waals surface area contributed by atoms with Gasteiger partial charge < -0.3 is 4.42 Å². The van der Waals surface area contributed by atoms with Crippen molar-refractivity contribution in [2.75, 3.05) is 0 Å². The van der Waals surface area contributed by atoms with Crippen LogP contribution in [0.15, 0.2) is 52.0 Å². The molecule has 0 aliphatic carbocycles. The van der Waals surface area contributed by atoms with Gasteiger partial charge in [-0.2, -0.15) is 0 Å². The molecule has 1 aromatic carbocycles. The van der Waals surface area contributed by atoms with Gasteiger partial charge in [0.25, 0.3) is 11.1 Å². The number of hydrogen-bond acceptors (Lipinski definition) is 5. The van der Waals surface area contributed by atoms with Crippen LogP contribution >= 0.6 is 23.4 Å². The highest BCUT2D eigenvalue weighted by atomic mass is 35.5. The molecule has 0 unspecified atom stereocenters. The van der Waals surface area contributed by atoms with Gasteiger partial charge in [0, 0.05) is 34.4 Å². The summed E-state index contributed by atoms with van der Waals surface area (Å²) in [6.45, 7) is 0. The maximum absolute atomic E-state index is 11.6. The van der Waals surface area contributed by atoms with E-state index in [1.54, 1.807) is 30.6 Å². The van der Waals surface area contributed by atoms with Crippen LogP contribution in [0.25, 0.3) is 17.0 Å². The molecule has 2 aromatic heterocycles. The highest BCUT2D eigenvalue weighted by Gasteiger charge is 2.25. The zero-order valence-corrected chi connectivity index (χ0v) is 14.6. The average Bonchev–Trinajstić information content (AvgIpc) is 3.17. The van der Waals surface area contributed by atoms with Gasteiger partial charge in [0.05, 0.1) is 10.5 Å². The van der Waals surface area contributed by atoms with E-state index in [2.05, 4.69) is 22.1 Å². The molecule has 1 saturated heterocycles. The Balaban J connectivity index is 1.70. The number of hydrogen-bond donors (Lipinski definition) is 1. The summed E-state index contributed by atoms with van der Waals surface area (Å²) in [4.78, 5) is 27.3. The highest BCUT2D eigenvalue weighted by molar-refractivity contribution is 8.18. The lowest BCUT2D eigenvalue weighted by atomic mass is 10.2. The Bertz CT molecular complexity index is 1140. The fraction of sp³-hybridized carbons (Fsp3) is 0. The van der Waals surface area contributed by atoms with E-state index in [1.165, 1.54) is 6.08 Å². The number of pyridine rings is 1. The van der Waals surface area contributed by atoms with Crippen molar-refractivity contribution in [1.82, 2.24) is 10.3 Å². The monoisotopic (exact) mass is 380 g/mol. The minimum atomic E-state index is -0.429. The molecule has 126 valence electrons. The van der Waals surface area contributed by atoms with Crippen LogP contribution in [0.4, 0.5) is 4.79 Å². The number of aromatic nitrogens is 1. The molecule has 5 nitrogen and oxygen atoms in total. The topological polar surface area (TPSA) is 72.2 Å². The number of imide groups is 1. The highest BCUT2D eigenvalue weighted by Crippen LogP contribution is 2.28. The van der Waals surface area contributed by atoms with E-state index >= 15 is 0 Å². The second-order valence-corrected chi connectivity index (χ2v) is 6.81. The molecule has 3 aromatic rings.